The number of nitrogens with one attached hydrogen (secondary N) is 1. The van der Waals surface area contributed by atoms with Crippen LogP contribution < -0.4 is 5.32 Å². The molecule has 2 heterocycles. The zero-order valence-corrected chi connectivity index (χ0v) is 12.3. The minimum atomic E-state index is -0.229. The Morgan fingerprint density at radius 1 is 1.36 bits per heavy atom. The Morgan fingerprint density at radius 3 is 2.86 bits per heavy atom. The third-order valence-electron chi connectivity index (χ3n) is 3.82. The van der Waals surface area contributed by atoms with Crippen molar-refractivity contribution in [2.75, 3.05) is 13.6 Å². The van der Waals surface area contributed by atoms with Crippen molar-refractivity contribution in [1.82, 2.24) is 15.4 Å². The molecule has 0 aliphatic carbocycles. The van der Waals surface area contributed by atoms with Crippen LogP contribution in [0.25, 0.3) is 11.3 Å². The highest BCUT2D eigenvalue weighted by Gasteiger charge is 2.26. The lowest BCUT2D eigenvalue weighted by molar-refractivity contribution is -0.132. The molecule has 6 heteroatoms. The molecule has 1 aliphatic heterocycles. The first-order chi connectivity index (χ1) is 10.6. The third-order valence-corrected chi connectivity index (χ3v) is 3.82. The van der Waals surface area contributed by atoms with Crippen molar-refractivity contribution in [2.45, 2.75) is 18.9 Å². The molecule has 114 valence electrons. The van der Waals surface area contributed by atoms with Gasteiger partial charge in [-0.15, -0.1) is 0 Å². The summed E-state index contributed by atoms with van der Waals surface area (Å²) in [5, 5.41) is 6.88. The van der Waals surface area contributed by atoms with Crippen molar-refractivity contribution >= 4 is 11.8 Å². The van der Waals surface area contributed by atoms with E-state index < -0.39 is 0 Å². The van der Waals surface area contributed by atoms with Gasteiger partial charge in [-0.05, 0) is 6.42 Å². The lowest BCUT2D eigenvalue weighted by Gasteiger charge is -2.30. The van der Waals surface area contributed by atoms with Crippen LogP contribution in [0.3, 0.4) is 0 Å². The monoisotopic (exact) mass is 299 g/mol. The van der Waals surface area contributed by atoms with Crippen molar-refractivity contribution in [3.05, 3.63) is 42.2 Å². The highest BCUT2D eigenvalue weighted by atomic mass is 16.5. The molecule has 3 rings (SSSR count). The van der Waals surface area contributed by atoms with E-state index in [0.717, 1.165) is 5.56 Å². The first kappa shape index (κ1) is 14.3. The van der Waals surface area contributed by atoms with E-state index in [1.54, 1.807) is 11.9 Å². The number of hydrogen-bond acceptors (Lipinski definition) is 4. The van der Waals surface area contributed by atoms with E-state index in [4.69, 9.17) is 4.52 Å². The van der Waals surface area contributed by atoms with Crippen LogP contribution >= 0.6 is 0 Å². The van der Waals surface area contributed by atoms with Gasteiger partial charge in [0, 0.05) is 31.6 Å². The Morgan fingerprint density at radius 2 is 2.14 bits per heavy atom. The maximum atomic E-state index is 12.4. The molecule has 2 amide bonds. The van der Waals surface area contributed by atoms with Gasteiger partial charge in [-0.1, -0.05) is 35.5 Å². The fraction of sp³-hybridized carbons (Fsp3) is 0.312. The van der Waals surface area contributed by atoms with Crippen LogP contribution in [0.5, 0.6) is 0 Å². The molecule has 6 nitrogen and oxygen atoms in total. The molecule has 0 radical (unpaired) electrons. The van der Waals surface area contributed by atoms with Crippen LogP contribution in [-0.4, -0.2) is 41.5 Å². The van der Waals surface area contributed by atoms with Gasteiger partial charge in [-0.25, -0.2) is 0 Å². The number of likely N-dealkylation sites (N-methyl/N-ethyl adjacent to an activating group) is 1. The number of carbonyl (C=O) groups is 2. The number of likely N-dealkylation sites (tertiary alicyclic amines) is 1. The quantitative estimate of drug-likeness (QED) is 0.936. The smallest absolute Gasteiger partial charge is 0.257 e. The van der Waals surface area contributed by atoms with Gasteiger partial charge < -0.3 is 14.7 Å². The average Bonchev–Trinajstić information content (AvgIpc) is 3.01. The van der Waals surface area contributed by atoms with Crippen molar-refractivity contribution in [3.8, 4) is 11.3 Å². The van der Waals surface area contributed by atoms with Gasteiger partial charge in [0.1, 0.15) is 17.5 Å². The first-order valence-electron chi connectivity index (χ1n) is 7.20. The molecule has 1 unspecified atom stereocenters. The van der Waals surface area contributed by atoms with Crippen LogP contribution in [-0.2, 0) is 4.79 Å². The third kappa shape index (κ3) is 2.86. The Bertz CT molecular complexity index is 681. The van der Waals surface area contributed by atoms with Gasteiger partial charge in [0.15, 0.2) is 0 Å². The molecule has 0 bridgehead atoms. The number of benzene rings is 1. The molecule has 1 fully saturated rings. The zero-order chi connectivity index (χ0) is 15.5. The zero-order valence-electron chi connectivity index (χ0n) is 12.3. The minimum Gasteiger partial charge on any atom is -0.363 e. The number of rotatable bonds is 3. The van der Waals surface area contributed by atoms with Gasteiger partial charge in [-0.2, -0.15) is 0 Å². The molecule has 1 aliphatic rings. The molecule has 22 heavy (non-hydrogen) atoms. The molecule has 1 aromatic heterocycles. The van der Waals surface area contributed by atoms with Crippen LogP contribution in [0.2, 0.25) is 0 Å². The Hall–Kier alpha value is -2.63. The fourth-order valence-corrected chi connectivity index (χ4v) is 2.60. The summed E-state index contributed by atoms with van der Waals surface area (Å²) in [5.41, 5.74) is 1.77. The predicted octanol–water partition coefficient (Wildman–Crippen LogP) is 1.69. The van der Waals surface area contributed by atoms with Crippen molar-refractivity contribution in [2.24, 2.45) is 0 Å². The van der Waals surface area contributed by atoms with E-state index in [9.17, 15) is 9.59 Å². The second kappa shape index (κ2) is 6.01. The summed E-state index contributed by atoms with van der Waals surface area (Å²) < 4.78 is 4.97. The standard InChI is InChI=1S/C16H17N3O3/c1-19-9-12(7-8-14(19)20)17-16(21)13-10-22-18-15(13)11-5-3-2-4-6-11/h2-6,10,12H,7-9H2,1H3,(H,17,21). The molecule has 1 N–H and O–H groups in total. The molecular formula is C16H17N3O3. The summed E-state index contributed by atoms with van der Waals surface area (Å²) in [7, 11) is 1.75. The molecule has 1 saturated heterocycles. The van der Waals surface area contributed by atoms with Crippen LogP contribution in [0, 0.1) is 0 Å². The topological polar surface area (TPSA) is 75.4 Å². The summed E-state index contributed by atoms with van der Waals surface area (Å²) in [6, 6.07) is 9.37. The number of amides is 2. The number of carbonyl (C=O) groups excluding carboxylic acids is 2. The van der Waals surface area contributed by atoms with Crippen LogP contribution in [0.4, 0.5) is 0 Å². The number of piperidine rings is 1. The number of hydrogen-bond donors (Lipinski definition) is 1. The minimum absolute atomic E-state index is 0.0475. The molecular weight excluding hydrogens is 282 g/mol. The summed E-state index contributed by atoms with van der Waals surface area (Å²) in [5.74, 6) is -0.117. The molecule has 0 saturated carbocycles. The van der Waals surface area contributed by atoms with Crippen LogP contribution in [0.1, 0.15) is 23.2 Å². The SMILES string of the molecule is CN1CC(NC(=O)c2conc2-c2ccccc2)CCC1=O. The lowest BCUT2D eigenvalue weighted by Crippen LogP contribution is -2.48. The van der Waals surface area contributed by atoms with E-state index >= 15 is 0 Å². The number of aromatic nitrogens is 1. The summed E-state index contributed by atoms with van der Waals surface area (Å²) in [6.07, 6.45) is 2.47. The van der Waals surface area contributed by atoms with Gasteiger partial charge in [0.05, 0.1) is 0 Å². The van der Waals surface area contributed by atoms with E-state index in [2.05, 4.69) is 10.5 Å². The van der Waals surface area contributed by atoms with Crippen LogP contribution in [0.15, 0.2) is 41.1 Å². The van der Waals surface area contributed by atoms with Crippen molar-refractivity contribution in [3.63, 3.8) is 0 Å². The summed E-state index contributed by atoms with van der Waals surface area (Å²) in [4.78, 5) is 25.6. The Balaban J connectivity index is 1.74. The van der Waals surface area contributed by atoms with Gasteiger partial charge in [0.25, 0.3) is 5.91 Å². The van der Waals surface area contributed by atoms with Crippen molar-refractivity contribution in [1.29, 1.82) is 0 Å². The highest BCUT2D eigenvalue weighted by Crippen LogP contribution is 2.22. The molecule has 2 aromatic rings. The molecule has 1 aromatic carbocycles. The Kier molecular flexibility index (Phi) is 3.91. The molecule has 0 spiro atoms. The molecule has 1 atom stereocenters. The second-order valence-electron chi connectivity index (χ2n) is 5.43. The van der Waals surface area contributed by atoms with Crippen molar-refractivity contribution < 1.29 is 14.1 Å². The second-order valence-corrected chi connectivity index (χ2v) is 5.43. The van der Waals surface area contributed by atoms with Gasteiger partial charge in [-0.3, -0.25) is 9.59 Å². The van der Waals surface area contributed by atoms with E-state index in [-0.39, 0.29) is 17.9 Å². The van der Waals surface area contributed by atoms with E-state index in [1.165, 1.54) is 6.26 Å². The van der Waals surface area contributed by atoms with Gasteiger partial charge in [0.2, 0.25) is 5.91 Å². The maximum absolute atomic E-state index is 12.4. The van der Waals surface area contributed by atoms with E-state index in [0.29, 0.717) is 30.6 Å². The van der Waals surface area contributed by atoms with Gasteiger partial charge >= 0.3 is 0 Å². The predicted molar refractivity (Wildman–Crippen MR) is 80.1 cm³/mol. The maximum Gasteiger partial charge on any atom is 0.257 e. The number of nitrogens with zero attached hydrogens (tertiary/aromatic N) is 2. The fourth-order valence-electron chi connectivity index (χ4n) is 2.60. The normalized spacial score (nSPS) is 18.3. The average molecular weight is 299 g/mol. The first-order valence-corrected chi connectivity index (χ1v) is 7.20. The summed E-state index contributed by atoms with van der Waals surface area (Å²) >= 11 is 0. The van der Waals surface area contributed by atoms with E-state index in [1.807, 2.05) is 30.3 Å². The summed E-state index contributed by atoms with van der Waals surface area (Å²) in [6.45, 7) is 0.524. The Labute approximate surface area is 128 Å². The largest absolute Gasteiger partial charge is 0.363 e. The lowest BCUT2D eigenvalue weighted by atomic mass is 10.0. The highest BCUT2D eigenvalue weighted by molar-refractivity contribution is 5.99.